The van der Waals surface area contributed by atoms with Gasteiger partial charge in [0, 0.05) is 12.5 Å². The van der Waals surface area contributed by atoms with Crippen LogP contribution >= 0.6 is 0 Å². The molecule has 0 amide bonds. The molecule has 0 saturated carbocycles. The number of carbonyl (C=O) groups is 1. The van der Waals surface area contributed by atoms with Crippen LogP contribution in [0.25, 0.3) is 11.3 Å². The van der Waals surface area contributed by atoms with Crippen molar-refractivity contribution in [2.75, 3.05) is 7.11 Å². The van der Waals surface area contributed by atoms with Crippen molar-refractivity contribution in [2.45, 2.75) is 12.8 Å². The number of esters is 1. The van der Waals surface area contributed by atoms with E-state index in [-0.39, 0.29) is 17.0 Å². The monoisotopic (exact) mass is 296 g/mol. The molecular formula is C14H11F3N2O2. The second-order valence-corrected chi connectivity index (χ2v) is 4.34. The molecule has 0 N–H and O–H groups in total. The van der Waals surface area contributed by atoms with Gasteiger partial charge in [0.1, 0.15) is 11.5 Å². The minimum Gasteiger partial charge on any atom is -0.464 e. The summed E-state index contributed by atoms with van der Waals surface area (Å²) in [6, 6.07) is 4.98. The van der Waals surface area contributed by atoms with Crippen LogP contribution in [0.3, 0.4) is 0 Å². The molecule has 0 aliphatic heterocycles. The molecule has 0 atom stereocenters. The number of halogens is 3. The van der Waals surface area contributed by atoms with E-state index < -0.39 is 23.4 Å². The van der Waals surface area contributed by atoms with Gasteiger partial charge in [0.25, 0.3) is 5.92 Å². The summed E-state index contributed by atoms with van der Waals surface area (Å²) in [6.07, 6.45) is 0.904. The summed E-state index contributed by atoms with van der Waals surface area (Å²) in [6.45, 7) is 0.650. The minimum absolute atomic E-state index is 0.102. The molecule has 21 heavy (non-hydrogen) atoms. The highest BCUT2D eigenvalue weighted by Crippen LogP contribution is 2.33. The molecule has 2 rings (SSSR count). The average Bonchev–Trinajstić information content (AvgIpc) is 2.45. The van der Waals surface area contributed by atoms with Crippen LogP contribution < -0.4 is 0 Å². The van der Waals surface area contributed by atoms with Crippen LogP contribution in [0.5, 0.6) is 0 Å². The maximum absolute atomic E-state index is 13.6. The van der Waals surface area contributed by atoms with Crippen molar-refractivity contribution in [3.63, 3.8) is 0 Å². The van der Waals surface area contributed by atoms with E-state index >= 15 is 0 Å². The van der Waals surface area contributed by atoms with Crippen molar-refractivity contribution in [1.82, 2.24) is 9.97 Å². The summed E-state index contributed by atoms with van der Waals surface area (Å²) in [5, 5.41) is 0. The zero-order valence-corrected chi connectivity index (χ0v) is 11.2. The first-order valence-corrected chi connectivity index (χ1v) is 5.92. The lowest BCUT2D eigenvalue weighted by molar-refractivity contribution is 0.0129. The van der Waals surface area contributed by atoms with E-state index in [9.17, 15) is 18.0 Å². The maximum atomic E-state index is 13.6. The Balaban J connectivity index is 2.67. The fraction of sp³-hybridized carbons (Fsp3) is 0.214. The summed E-state index contributed by atoms with van der Waals surface area (Å²) < 4.78 is 45.0. The molecule has 7 heteroatoms. The van der Waals surface area contributed by atoms with Crippen LogP contribution in [0.15, 0.2) is 30.5 Å². The van der Waals surface area contributed by atoms with Gasteiger partial charge < -0.3 is 4.74 Å². The predicted octanol–water partition coefficient (Wildman–Crippen LogP) is 3.18. The first kappa shape index (κ1) is 15.0. The highest BCUT2D eigenvalue weighted by atomic mass is 19.3. The maximum Gasteiger partial charge on any atom is 0.358 e. The highest BCUT2D eigenvalue weighted by Gasteiger charge is 2.32. The van der Waals surface area contributed by atoms with E-state index in [2.05, 4.69) is 14.7 Å². The van der Waals surface area contributed by atoms with Gasteiger partial charge in [-0.25, -0.2) is 14.2 Å². The number of alkyl halides is 2. The Kier molecular flexibility index (Phi) is 3.93. The van der Waals surface area contributed by atoms with Gasteiger partial charge in [-0.1, -0.05) is 12.1 Å². The van der Waals surface area contributed by atoms with Gasteiger partial charge in [-0.05, 0) is 12.1 Å². The van der Waals surface area contributed by atoms with Gasteiger partial charge in [-0.3, -0.25) is 4.98 Å². The Labute approximate surface area is 118 Å². The van der Waals surface area contributed by atoms with E-state index in [1.54, 1.807) is 0 Å². The van der Waals surface area contributed by atoms with E-state index in [1.807, 2.05) is 0 Å². The molecule has 1 heterocycles. The Bertz CT molecular complexity index is 684. The molecular weight excluding hydrogens is 285 g/mol. The number of nitrogens with zero attached hydrogens (tertiary/aromatic N) is 2. The lowest BCUT2D eigenvalue weighted by atomic mass is 10.1. The molecule has 1 aromatic carbocycles. The van der Waals surface area contributed by atoms with E-state index in [4.69, 9.17) is 0 Å². The SMILES string of the molecule is COC(=O)c1cnc(C(C)(F)F)c(-c2cccc(F)c2)n1. The fourth-order valence-electron chi connectivity index (χ4n) is 1.75. The van der Waals surface area contributed by atoms with Gasteiger partial charge in [0.15, 0.2) is 5.69 Å². The number of hydrogen-bond donors (Lipinski definition) is 0. The smallest absolute Gasteiger partial charge is 0.358 e. The highest BCUT2D eigenvalue weighted by molar-refractivity contribution is 5.87. The second-order valence-electron chi connectivity index (χ2n) is 4.34. The third-order valence-electron chi connectivity index (χ3n) is 2.68. The van der Waals surface area contributed by atoms with Crippen LogP contribution in [0.1, 0.15) is 23.1 Å². The van der Waals surface area contributed by atoms with Crippen molar-refractivity contribution >= 4 is 5.97 Å². The zero-order valence-electron chi connectivity index (χ0n) is 11.2. The largest absolute Gasteiger partial charge is 0.464 e. The molecule has 0 fully saturated rings. The van der Waals surface area contributed by atoms with Gasteiger partial charge in [-0.2, -0.15) is 8.78 Å². The van der Waals surface area contributed by atoms with Crippen LogP contribution in [0.2, 0.25) is 0 Å². The number of hydrogen-bond acceptors (Lipinski definition) is 4. The molecule has 0 radical (unpaired) electrons. The van der Waals surface area contributed by atoms with Crippen molar-refractivity contribution < 1.29 is 22.7 Å². The summed E-state index contributed by atoms with van der Waals surface area (Å²) in [5.41, 5.74) is -1.03. The first-order chi connectivity index (χ1) is 9.82. The first-order valence-electron chi connectivity index (χ1n) is 5.92. The van der Waals surface area contributed by atoms with Gasteiger partial charge in [0.05, 0.1) is 19.0 Å². The molecule has 0 aliphatic rings. The Hall–Kier alpha value is -2.44. The summed E-state index contributed by atoms with van der Waals surface area (Å²) in [5.74, 6) is -4.71. The van der Waals surface area contributed by atoms with Crippen molar-refractivity contribution in [3.05, 3.63) is 47.7 Å². The molecule has 4 nitrogen and oxygen atoms in total. The van der Waals surface area contributed by atoms with E-state index in [0.717, 1.165) is 19.4 Å². The quantitative estimate of drug-likeness (QED) is 0.816. The normalized spacial score (nSPS) is 11.3. The Morgan fingerprint density at radius 2 is 2.05 bits per heavy atom. The number of carbonyl (C=O) groups excluding carboxylic acids is 1. The number of benzene rings is 1. The van der Waals surface area contributed by atoms with Crippen LogP contribution in [0, 0.1) is 5.82 Å². The average molecular weight is 296 g/mol. The third kappa shape index (κ3) is 3.18. The predicted molar refractivity (Wildman–Crippen MR) is 68.3 cm³/mol. The van der Waals surface area contributed by atoms with Gasteiger partial charge >= 0.3 is 5.97 Å². The van der Waals surface area contributed by atoms with Gasteiger partial charge in [-0.15, -0.1) is 0 Å². The Morgan fingerprint density at radius 1 is 1.33 bits per heavy atom. The number of methoxy groups -OCH3 is 1. The van der Waals surface area contributed by atoms with Crippen LogP contribution in [-0.4, -0.2) is 23.0 Å². The lowest BCUT2D eigenvalue weighted by Gasteiger charge is -2.14. The summed E-state index contributed by atoms with van der Waals surface area (Å²) in [7, 11) is 1.13. The summed E-state index contributed by atoms with van der Waals surface area (Å²) in [4.78, 5) is 18.9. The zero-order chi connectivity index (χ0) is 15.6. The Morgan fingerprint density at radius 3 is 2.62 bits per heavy atom. The van der Waals surface area contributed by atoms with Crippen LogP contribution in [0.4, 0.5) is 13.2 Å². The molecule has 1 aromatic heterocycles. The molecule has 0 spiro atoms. The van der Waals surface area contributed by atoms with Crippen molar-refractivity contribution in [2.24, 2.45) is 0 Å². The lowest BCUT2D eigenvalue weighted by Crippen LogP contribution is -2.16. The number of ether oxygens (including phenoxy) is 1. The van der Waals surface area contributed by atoms with Crippen LogP contribution in [-0.2, 0) is 10.7 Å². The molecule has 0 bridgehead atoms. The van der Waals surface area contributed by atoms with Crippen molar-refractivity contribution in [1.29, 1.82) is 0 Å². The van der Waals surface area contributed by atoms with Crippen molar-refractivity contribution in [3.8, 4) is 11.3 Å². The topological polar surface area (TPSA) is 52.1 Å². The molecule has 110 valence electrons. The number of aromatic nitrogens is 2. The second kappa shape index (κ2) is 5.51. The fourth-order valence-corrected chi connectivity index (χ4v) is 1.75. The standard InChI is InChI=1S/C14H11F3N2O2/c1-14(16,17)12-11(8-4-3-5-9(15)6-8)19-10(7-18-12)13(20)21-2/h3-7H,1-2H3. The van der Waals surface area contributed by atoms with E-state index in [0.29, 0.717) is 6.92 Å². The molecule has 2 aromatic rings. The molecule has 0 unspecified atom stereocenters. The third-order valence-corrected chi connectivity index (χ3v) is 2.68. The minimum atomic E-state index is -3.29. The molecule has 0 saturated heterocycles. The van der Waals surface area contributed by atoms with Gasteiger partial charge in [0.2, 0.25) is 0 Å². The molecule has 0 aliphatic carbocycles. The van der Waals surface area contributed by atoms with E-state index in [1.165, 1.54) is 18.2 Å². The number of rotatable bonds is 3. The summed E-state index contributed by atoms with van der Waals surface area (Å²) >= 11 is 0.